The van der Waals surface area contributed by atoms with Gasteiger partial charge in [0, 0.05) is 38.8 Å². The topological polar surface area (TPSA) is 35.6 Å². The molecule has 4 heteroatoms. The highest BCUT2D eigenvalue weighted by Gasteiger charge is 2.19. The molecule has 1 heterocycles. The molecule has 0 spiro atoms. The summed E-state index contributed by atoms with van der Waals surface area (Å²) in [5, 5.41) is 3.15. The predicted molar refractivity (Wildman–Crippen MR) is 111 cm³/mol. The molecular weight excluding hydrogens is 334 g/mol. The van der Waals surface area contributed by atoms with Crippen molar-refractivity contribution in [1.29, 1.82) is 0 Å². The molecule has 0 aliphatic carbocycles. The van der Waals surface area contributed by atoms with Gasteiger partial charge in [-0.3, -0.25) is 14.6 Å². The second-order valence-corrected chi connectivity index (χ2v) is 7.53. The maximum Gasteiger partial charge on any atom is 0.234 e. The van der Waals surface area contributed by atoms with Crippen LogP contribution < -0.4 is 5.32 Å². The third kappa shape index (κ3) is 6.81. The van der Waals surface area contributed by atoms with E-state index in [0.29, 0.717) is 6.54 Å². The zero-order chi connectivity index (χ0) is 18.9. The number of aryl methyl sites for hydroxylation is 1. The number of nitrogens with zero attached hydrogens (tertiary/aromatic N) is 2. The van der Waals surface area contributed by atoms with Crippen LogP contribution >= 0.6 is 0 Å². The minimum atomic E-state index is 0.145. The Balaban J connectivity index is 1.33. The van der Waals surface area contributed by atoms with Crippen molar-refractivity contribution in [1.82, 2.24) is 15.1 Å². The number of nitrogens with one attached hydrogen (secondary N) is 1. The number of rotatable bonds is 8. The first-order chi connectivity index (χ1) is 13.2. The fourth-order valence-corrected chi connectivity index (χ4v) is 3.57. The standard InChI is InChI=1S/C23H31N3O/c1-20(12-13-21-8-4-2-5-9-21)24-23(27)19-26-16-14-25(15-17-26)18-22-10-6-3-7-11-22/h2-11,20H,12-19H2,1H3,(H,24,27)/t20-/m1/s1. The third-order valence-corrected chi connectivity index (χ3v) is 5.20. The molecule has 0 radical (unpaired) electrons. The summed E-state index contributed by atoms with van der Waals surface area (Å²) >= 11 is 0. The van der Waals surface area contributed by atoms with Gasteiger partial charge in [0.05, 0.1) is 6.54 Å². The van der Waals surface area contributed by atoms with E-state index in [1.165, 1.54) is 11.1 Å². The van der Waals surface area contributed by atoms with Crippen LogP contribution in [0.3, 0.4) is 0 Å². The van der Waals surface area contributed by atoms with Crippen molar-refractivity contribution >= 4 is 5.91 Å². The normalized spacial score (nSPS) is 16.8. The highest BCUT2D eigenvalue weighted by atomic mass is 16.2. The summed E-state index contributed by atoms with van der Waals surface area (Å²) in [5.74, 6) is 0.145. The van der Waals surface area contributed by atoms with Gasteiger partial charge < -0.3 is 5.32 Å². The maximum absolute atomic E-state index is 12.3. The van der Waals surface area contributed by atoms with Crippen LogP contribution in [0.4, 0.5) is 0 Å². The first kappa shape index (κ1) is 19.6. The van der Waals surface area contributed by atoms with Crippen molar-refractivity contribution < 1.29 is 4.79 Å². The predicted octanol–water partition coefficient (Wildman–Crippen LogP) is 2.94. The number of benzene rings is 2. The van der Waals surface area contributed by atoms with Gasteiger partial charge in [-0.05, 0) is 30.9 Å². The van der Waals surface area contributed by atoms with Crippen LogP contribution in [0.25, 0.3) is 0 Å². The van der Waals surface area contributed by atoms with Gasteiger partial charge in [-0.1, -0.05) is 60.7 Å². The van der Waals surface area contributed by atoms with Crippen LogP contribution in [0.15, 0.2) is 60.7 Å². The summed E-state index contributed by atoms with van der Waals surface area (Å²) in [5.41, 5.74) is 2.68. The summed E-state index contributed by atoms with van der Waals surface area (Å²) < 4.78 is 0. The van der Waals surface area contributed by atoms with Gasteiger partial charge in [0.2, 0.25) is 5.91 Å². The minimum Gasteiger partial charge on any atom is -0.353 e. The van der Waals surface area contributed by atoms with E-state index >= 15 is 0 Å². The lowest BCUT2D eigenvalue weighted by atomic mass is 10.1. The van der Waals surface area contributed by atoms with Crippen LogP contribution in [0.1, 0.15) is 24.5 Å². The Morgan fingerprint density at radius 3 is 2.07 bits per heavy atom. The quantitative estimate of drug-likeness (QED) is 0.781. The monoisotopic (exact) mass is 365 g/mol. The van der Waals surface area contributed by atoms with E-state index < -0.39 is 0 Å². The average molecular weight is 366 g/mol. The fraction of sp³-hybridized carbons (Fsp3) is 0.435. The molecule has 0 saturated carbocycles. The SMILES string of the molecule is C[C@H](CCc1ccccc1)NC(=O)CN1CCN(Cc2ccccc2)CC1. The van der Waals surface area contributed by atoms with Crippen molar-refractivity contribution in [3.63, 3.8) is 0 Å². The fourth-order valence-electron chi connectivity index (χ4n) is 3.57. The van der Waals surface area contributed by atoms with Crippen LogP contribution in [0, 0.1) is 0 Å². The number of carbonyl (C=O) groups is 1. The number of hydrogen-bond acceptors (Lipinski definition) is 3. The molecule has 1 aliphatic rings. The highest BCUT2D eigenvalue weighted by molar-refractivity contribution is 5.78. The molecular formula is C23H31N3O. The van der Waals surface area contributed by atoms with E-state index in [9.17, 15) is 4.79 Å². The molecule has 1 amide bonds. The molecule has 4 nitrogen and oxygen atoms in total. The molecule has 1 fully saturated rings. The van der Waals surface area contributed by atoms with E-state index in [-0.39, 0.29) is 11.9 Å². The third-order valence-electron chi connectivity index (χ3n) is 5.20. The van der Waals surface area contributed by atoms with Gasteiger partial charge in [-0.25, -0.2) is 0 Å². The van der Waals surface area contributed by atoms with Crippen molar-refractivity contribution in [2.45, 2.75) is 32.4 Å². The molecule has 3 rings (SSSR count). The van der Waals surface area contributed by atoms with E-state index in [2.05, 4.69) is 76.6 Å². The molecule has 1 aliphatic heterocycles. The first-order valence-corrected chi connectivity index (χ1v) is 10.0. The van der Waals surface area contributed by atoms with Crippen LogP contribution in [0.5, 0.6) is 0 Å². The Bertz CT molecular complexity index is 681. The summed E-state index contributed by atoms with van der Waals surface area (Å²) in [6.45, 7) is 7.56. The second-order valence-electron chi connectivity index (χ2n) is 7.53. The summed E-state index contributed by atoms with van der Waals surface area (Å²) in [7, 11) is 0. The summed E-state index contributed by atoms with van der Waals surface area (Å²) in [6.07, 6.45) is 1.97. The van der Waals surface area contributed by atoms with E-state index in [0.717, 1.165) is 45.6 Å². The highest BCUT2D eigenvalue weighted by Crippen LogP contribution is 2.09. The van der Waals surface area contributed by atoms with Gasteiger partial charge in [0.15, 0.2) is 0 Å². The molecule has 0 bridgehead atoms. The second kappa shape index (κ2) is 10.2. The van der Waals surface area contributed by atoms with Crippen molar-refractivity contribution in [3.8, 4) is 0 Å². The van der Waals surface area contributed by atoms with Gasteiger partial charge in [-0.15, -0.1) is 0 Å². The average Bonchev–Trinajstić information content (AvgIpc) is 2.69. The molecule has 144 valence electrons. The zero-order valence-electron chi connectivity index (χ0n) is 16.3. The lowest BCUT2D eigenvalue weighted by Crippen LogP contribution is -2.50. The summed E-state index contributed by atoms with van der Waals surface area (Å²) in [6, 6.07) is 21.3. The molecule has 1 saturated heterocycles. The molecule has 0 aromatic heterocycles. The lowest BCUT2D eigenvalue weighted by molar-refractivity contribution is -0.123. The van der Waals surface area contributed by atoms with Crippen molar-refractivity contribution in [2.24, 2.45) is 0 Å². The Morgan fingerprint density at radius 1 is 0.889 bits per heavy atom. The smallest absolute Gasteiger partial charge is 0.234 e. The van der Waals surface area contributed by atoms with Gasteiger partial charge in [0.1, 0.15) is 0 Å². The lowest BCUT2D eigenvalue weighted by Gasteiger charge is -2.34. The maximum atomic E-state index is 12.3. The van der Waals surface area contributed by atoms with Crippen molar-refractivity contribution in [2.75, 3.05) is 32.7 Å². The molecule has 2 aromatic carbocycles. The Kier molecular flexibility index (Phi) is 7.43. The molecule has 2 aromatic rings. The molecule has 1 atom stereocenters. The zero-order valence-corrected chi connectivity index (χ0v) is 16.3. The van der Waals surface area contributed by atoms with Crippen LogP contribution in [-0.4, -0.2) is 54.5 Å². The molecule has 1 N–H and O–H groups in total. The van der Waals surface area contributed by atoms with Crippen LogP contribution in [-0.2, 0) is 17.8 Å². The van der Waals surface area contributed by atoms with Crippen LogP contribution in [0.2, 0.25) is 0 Å². The van der Waals surface area contributed by atoms with Gasteiger partial charge >= 0.3 is 0 Å². The number of piperazine rings is 1. The number of carbonyl (C=O) groups excluding carboxylic acids is 1. The minimum absolute atomic E-state index is 0.145. The number of hydrogen-bond donors (Lipinski definition) is 1. The largest absolute Gasteiger partial charge is 0.353 e. The molecule has 27 heavy (non-hydrogen) atoms. The number of amides is 1. The van der Waals surface area contributed by atoms with E-state index in [4.69, 9.17) is 0 Å². The van der Waals surface area contributed by atoms with Crippen molar-refractivity contribution in [3.05, 3.63) is 71.8 Å². The van der Waals surface area contributed by atoms with Gasteiger partial charge in [0.25, 0.3) is 0 Å². The van der Waals surface area contributed by atoms with E-state index in [1.807, 2.05) is 6.07 Å². The first-order valence-electron chi connectivity index (χ1n) is 10.0. The van der Waals surface area contributed by atoms with E-state index in [1.54, 1.807) is 0 Å². The van der Waals surface area contributed by atoms with Gasteiger partial charge in [-0.2, -0.15) is 0 Å². The Morgan fingerprint density at radius 2 is 1.44 bits per heavy atom. The Labute approximate surface area is 163 Å². The molecule has 0 unspecified atom stereocenters. The Hall–Kier alpha value is -2.17. The summed E-state index contributed by atoms with van der Waals surface area (Å²) in [4.78, 5) is 17.1.